The summed E-state index contributed by atoms with van der Waals surface area (Å²) in [5.74, 6) is -0.166. The lowest BCUT2D eigenvalue weighted by molar-refractivity contribution is 0.0785. The Hall–Kier alpha value is -2.07. The van der Waals surface area contributed by atoms with E-state index in [9.17, 15) is 4.79 Å². The average molecular weight is 276 g/mol. The molecule has 5 heteroatoms. The molecule has 0 saturated heterocycles. The van der Waals surface area contributed by atoms with E-state index in [2.05, 4.69) is 4.98 Å². The predicted octanol–water partition coefficient (Wildman–Crippen LogP) is 2.59. The molecule has 2 rings (SSSR count). The van der Waals surface area contributed by atoms with Gasteiger partial charge in [0.25, 0.3) is 5.91 Å². The maximum Gasteiger partial charge on any atom is 0.255 e. The van der Waals surface area contributed by atoms with Gasteiger partial charge in [0.1, 0.15) is 0 Å². The van der Waals surface area contributed by atoms with E-state index in [4.69, 9.17) is 17.3 Å². The summed E-state index contributed by atoms with van der Waals surface area (Å²) in [7, 11) is 1.72. The Bertz CT molecular complexity index is 586. The molecule has 0 fully saturated rings. The minimum atomic E-state index is -0.166. The number of nitrogen functional groups attached to an aromatic ring is 1. The fourth-order valence-electron chi connectivity index (χ4n) is 1.75. The molecule has 98 valence electrons. The highest BCUT2D eigenvalue weighted by Gasteiger charge is 2.15. The van der Waals surface area contributed by atoms with Crippen LogP contribution in [0.2, 0.25) is 5.02 Å². The zero-order chi connectivity index (χ0) is 13.8. The van der Waals surface area contributed by atoms with Crippen LogP contribution >= 0.6 is 11.6 Å². The highest BCUT2D eigenvalue weighted by molar-refractivity contribution is 6.33. The molecule has 0 unspecified atom stereocenters. The second-order valence-electron chi connectivity index (χ2n) is 4.26. The molecule has 1 aromatic heterocycles. The van der Waals surface area contributed by atoms with Crippen LogP contribution in [0.4, 0.5) is 5.69 Å². The van der Waals surface area contributed by atoms with Crippen molar-refractivity contribution in [3.63, 3.8) is 0 Å². The molecule has 0 aliphatic heterocycles. The van der Waals surface area contributed by atoms with Crippen molar-refractivity contribution in [3.8, 4) is 0 Å². The van der Waals surface area contributed by atoms with Crippen LogP contribution in [0.5, 0.6) is 0 Å². The molecule has 1 aromatic carbocycles. The Morgan fingerprint density at radius 2 is 2.21 bits per heavy atom. The van der Waals surface area contributed by atoms with Gasteiger partial charge in [-0.05, 0) is 29.8 Å². The summed E-state index contributed by atoms with van der Waals surface area (Å²) in [6.07, 6.45) is 3.42. The van der Waals surface area contributed by atoms with E-state index in [0.717, 1.165) is 5.56 Å². The first-order valence-corrected chi connectivity index (χ1v) is 6.15. The zero-order valence-corrected chi connectivity index (χ0v) is 11.3. The van der Waals surface area contributed by atoms with Crippen molar-refractivity contribution in [2.24, 2.45) is 0 Å². The standard InChI is InChI=1S/C14H14ClN3O/c1-18(9-10-3-2-6-17-8-10)14(19)12-7-11(16)4-5-13(12)15/h2-8H,9,16H2,1H3. The van der Waals surface area contributed by atoms with Crippen LogP contribution in [0.25, 0.3) is 0 Å². The summed E-state index contributed by atoms with van der Waals surface area (Å²) in [4.78, 5) is 17.9. The first-order valence-electron chi connectivity index (χ1n) is 5.77. The number of rotatable bonds is 3. The maximum absolute atomic E-state index is 12.3. The van der Waals surface area contributed by atoms with Gasteiger partial charge in [0.05, 0.1) is 10.6 Å². The van der Waals surface area contributed by atoms with Gasteiger partial charge in [0.15, 0.2) is 0 Å². The molecular formula is C14H14ClN3O. The molecule has 0 aliphatic carbocycles. The van der Waals surface area contributed by atoms with E-state index in [-0.39, 0.29) is 5.91 Å². The molecule has 4 nitrogen and oxygen atoms in total. The van der Waals surface area contributed by atoms with E-state index in [1.807, 2.05) is 12.1 Å². The van der Waals surface area contributed by atoms with Crippen molar-refractivity contribution in [2.75, 3.05) is 12.8 Å². The molecule has 0 radical (unpaired) electrons. The predicted molar refractivity (Wildman–Crippen MR) is 75.9 cm³/mol. The third-order valence-electron chi connectivity index (χ3n) is 2.71. The average Bonchev–Trinajstić information content (AvgIpc) is 2.42. The molecule has 1 heterocycles. The lowest BCUT2D eigenvalue weighted by atomic mass is 10.1. The molecule has 0 bridgehead atoms. The Morgan fingerprint density at radius 1 is 1.42 bits per heavy atom. The quantitative estimate of drug-likeness (QED) is 0.876. The molecule has 0 saturated carbocycles. The van der Waals surface area contributed by atoms with Crippen molar-refractivity contribution < 1.29 is 4.79 Å². The van der Waals surface area contributed by atoms with E-state index in [1.165, 1.54) is 0 Å². The SMILES string of the molecule is CN(Cc1cccnc1)C(=O)c1cc(N)ccc1Cl. The fourth-order valence-corrected chi connectivity index (χ4v) is 1.95. The van der Waals surface area contributed by atoms with Gasteiger partial charge >= 0.3 is 0 Å². The highest BCUT2D eigenvalue weighted by Crippen LogP contribution is 2.20. The monoisotopic (exact) mass is 275 g/mol. The number of nitrogens with two attached hydrogens (primary N) is 1. The zero-order valence-electron chi connectivity index (χ0n) is 10.5. The number of carbonyl (C=O) groups is 1. The number of halogens is 1. The number of hydrogen-bond acceptors (Lipinski definition) is 3. The van der Waals surface area contributed by atoms with Gasteiger partial charge in [-0.3, -0.25) is 9.78 Å². The van der Waals surface area contributed by atoms with Crippen LogP contribution in [0.1, 0.15) is 15.9 Å². The Labute approximate surface area is 116 Å². The number of nitrogens with zero attached hydrogens (tertiary/aromatic N) is 2. The van der Waals surface area contributed by atoms with Gasteiger partial charge < -0.3 is 10.6 Å². The fraction of sp³-hybridized carbons (Fsp3) is 0.143. The summed E-state index contributed by atoms with van der Waals surface area (Å²) in [5.41, 5.74) is 7.56. The maximum atomic E-state index is 12.3. The van der Waals surface area contributed by atoms with E-state index >= 15 is 0 Å². The van der Waals surface area contributed by atoms with Crippen molar-refractivity contribution in [1.29, 1.82) is 0 Å². The topological polar surface area (TPSA) is 59.2 Å². The van der Waals surface area contributed by atoms with Crippen LogP contribution in [0, 0.1) is 0 Å². The Morgan fingerprint density at radius 3 is 2.89 bits per heavy atom. The van der Waals surface area contributed by atoms with Gasteiger partial charge in [0.2, 0.25) is 0 Å². The molecule has 0 spiro atoms. The summed E-state index contributed by atoms with van der Waals surface area (Å²) in [6.45, 7) is 0.470. The summed E-state index contributed by atoms with van der Waals surface area (Å²) < 4.78 is 0. The minimum Gasteiger partial charge on any atom is -0.399 e. The molecule has 1 amide bonds. The summed E-state index contributed by atoms with van der Waals surface area (Å²) in [6, 6.07) is 8.63. The van der Waals surface area contributed by atoms with Gasteiger partial charge in [-0.2, -0.15) is 0 Å². The summed E-state index contributed by atoms with van der Waals surface area (Å²) in [5, 5.41) is 0.400. The second-order valence-corrected chi connectivity index (χ2v) is 4.67. The van der Waals surface area contributed by atoms with Crippen molar-refractivity contribution in [3.05, 3.63) is 58.9 Å². The van der Waals surface area contributed by atoms with Crippen molar-refractivity contribution in [1.82, 2.24) is 9.88 Å². The third kappa shape index (κ3) is 3.23. The van der Waals surface area contributed by atoms with E-state index in [0.29, 0.717) is 22.8 Å². The highest BCUT2D eigenvalue weighted by atomic mass is 35.5. The normalized spacial score (nSPS) is 10.2. The van der Waals surface area contributed by atoms with Gasteiger partial charge in [-0.25, -0.2) is 0 Å². The van der Waals surface area contributed by atoms with E-state index < -0.39 is 0 Å². The molecule has 2 N–H and O–H groups in total. The molecule has 2 aromatic rings. The molecular weight excluding hydrogens is 262 g/mol. The van der Waals surface area contributed by atoms with Gasteiger partial charge in [-0.1, -0.05) is 17.7 Å². The second kappa shape index (κ2) is 5.71. The molecule has 0 aliphatic rings. The van der Waals surface area contributed by atoms with Crippen molar-refractivity contribution >= 4 is 23.2 Å². The number of anilines is 1. The van der Waals surface area contributed by atoms with Crippen LogP contribution in [-0.4, -0.2) is 22.8 Å². The van der Waals surface area contributed by atoms with Gasteiger partial charge in [-0.15, -0.1) is 0 Å². The van der Waals surface area contributed by atoms with Gasteiger partial charge in [0, 0.05) is 31.7 Å². The van der Waals surface area contributed by atoms with Crippen LogP contribution in [0.3, 0.4) is 0 Å². The number of benzene rings is 1. The number of hydrogen-bond donors (Lipinski definition) is 1. The Balaban J connectivity index is 2.17. The number of pyridine rings is 1. The summed E-state index contributed by atoms with van der Waals surface area (Å²) >= 11 is 6.02. The number of aromatic nitrogens is 1. The van der Waals surface area contributed by atoms with E-state index in [1.54, 1.807) is 42.5 Å². The third-order valence-corrected chi connectivity index (χ3v) is 3.04. The smallest absolute Gasteiger partial charge is 0.255 e. The lowest BCUT2D eigenvalue weighted by Crippen LogP contribution is -2.26. The number of amides is 1. The first kappa shape index (κ1) is 13.4. The van der Waals surface area contributed by atoms with Crippen LogP contribution in [0.15, 0.2) is 42.7 Å². The first-order chi connectivity index (χ1) is 9.08. The van der Waals surface area contributed by atoms with Crippen molar-refractivity contribution in [2.45, 2.75) is 6.54 Å². The minimum absolute atomic E-state index is 0.166. The largest absolute Gasteiger partial charge is 0.399 e. The Kier molecular flexibility index (Phi) is 4.02. The van der Waals surface area contributed by atoms with Crippen LogP contribution < -0.4 is 5.73 Å². The molecule has 19 heavy (non-hydrogen) atoms. The molecule has 0 atom stereocenters. The number of carbonyl (C=O) groups excluding carboxylic acids is 1. The van der Waals surface area contributed by atoms with Crippen LogP contribution in [-0.2, 0) is 6.54 Å². The lowest BCUT2D eigenvalue weighted by Gasteiger charge is -2.18.